The predicted molar refractivity (Wildman–Crippen MR) is 202 cm³/mol. The Morgan fingerprint density at radius 1 is 0.585 bits per heavy atom. The van der Waals surface area contributed by atoms with Gasteiger partial charge in [-0.25, -0.2) is 0 Å². The molecule has 1 saturated carbocycles. The molecule has 0 radical (unpaired) electrons. The summed E-state index contributed by atoms with van der Waals surface area (Å²) in [5, 5.41) is 21.8. The van der Waals surface area contributed by atoms with Gasteiger partial charge in [-0.1, -0.05) is 70.7 Å². The summed E-state index contributed by atoms with van der Waals surface area (Å²) in [5.41, 5.74) is 1.58. The van der Waals surface area contributed by atoms with Crippen LogP contribution in [0.25, 0.3) is 0 Å². The maximum absolute atomic E-state index is 13.1. The number of rotatable bonds is 16. The summed E-state index contributed by atoms with van der Waals surface area (Å²) in [5.74, 6) is 1.39. The van der Waals surface area contributed by atoms with Crippen molar-refractivity contribution in [2.75, 3.05) is 13.1 Å². The number of carbonyl (C=O) groups is 2. The molecule has 5 rings (SSSR count). The van der Waals surface area contributed by atoms with Crippen molar-refractivity contribution in [3.63, 3.8) is 0 Å². The second kappa shape index (κ2) is 18.4. The molecular formula is C37H34Cl4N4O8. The van der Waals surface area contributed by atoms with Crippen LogP contribution in [0.3, 0.4) is 0 Å². The van der Waals surface area contributed by atoms with E-state index in [9.17, 15) is 29.8 Å². The highest BCUT2D eigenvalue weighted by Gasteiger charge is 2.32. The molecule has 1 aliphatic carbocycles. The van der Waals surface area contributed by atoms with E-state index in [4.69, 9.17) is 55.9 Å². The van der Waals surface area contributed by atoms with E-state index in [1.54, 1.807) is 34.1 Å². The maximum Gasteiger partial charge on any atom is 0.269 e. The molecule has 4 aromatic carbocycles. The summed E-state index contributed by atoms with van der Waals surface area (Å²) >= 11 is 24.2. The lowest BCUT2D eigenvalue weighted by Gasteiger charge is -2.28. The predicted octanol–water partition coefficient (Wildman–Crippen LogP) is 9.47. The van der Waals surface area contributed by atoms with Crippen LogP contribution in [0.5, 0.6) is 23.0 Å². The first-order chi connectivity index (χ1) is 25.3. The molecule has 16 heteroatoms. The topological polar surface area (TPSA) is 145 Å². The highest BCUT2D eigenvalue weighted by Crippen LogP contribution is 2.34. The molecule has 0 N–H and O–H groups in total. The number of alkyl halides is 4. The van der Waals surface area contributed by atoms with Gasteiger partial charge in [0.05, 0.1) is 9.85 Å². The quantitative estimate of drug-likeness (QED) is 0.0619. The Morgan fingerprint density at radius 3 is 1.17 bits per heavy atom. The zero-order valence-electron chi connectivity index (χ0n) is 28.1. The SMILES string of the molecule is O=C(C(Cl)Cl)N(Cc1ccc(Oc2ccc([N+](=O)[O-])cc2)cc1)CC1CCC(CN(Cc2ccc(Oc3ccc([N+](=O)[O-])cc3)cc2)C(=O)C(Cl)Cl)C1. The molecule has 2 amide bonds. The van der Waals surface area contributed by atoms with Crippen LogP contribution in [0.15, 0.2) is 97.1 Å². The Bertz CT molecular complexity index is 1740. The van der Waals surface area contributed by atoms with Gasteiger partial charge in [0.15, 0.2) is 9.67 Å². The third-order valence-electron chi connectivity index (χ3n) is 8.76. The third kappa shape index (κ3) is 11.4. The van der Waals surface area contributed by atoms with Gasteiger partial charge in [0, 0.05) is 50.4 Å². The molecule has 12 nitrogen and oxygen atoms in total. The molecule has 1 aliphatic rings. The van der Waals surface area contributed by atoms with Crippen LogP contribution in [0, 0.1) is 32.1 Å². The average Bonchev–Trinajstić information content (AvgIpc) is 3.58. The van der Waals surface area contributed by atoms with E-state index in [2.05, 4.69) is 0 Å². The number of nitro benzene ring substituents is 2. The number of hydrogen-bond donors (Lipinski definition) is 0. The molecule has 53 heavy (non-hydrogen) atoms. The number of nitrogens with zero attached hydrogens (tertiary/aromatic N) is 4. The molecule has 0 heterocycles. The molecular weight excluding hydrogens is 770 g/mol. The molecule has 2 unspecified atom stereocenters. The molecule has 0 aliphatic heterocycles. The van der Waals surface area contributed by atoms with Crippen LogP contribution in [-0.4, -0.2) is 54.2 Å². The van der Waals surface area contributed by atoms with Crippen LogP contribution >= 0.6 is 46.4 Å². The van der Waals surface area contributed by atoms with Crippen molar-refractivity contribution >= 4 is 69.6 Å². The number of non-ortho nitro benzene ring substituents is 2. The zero-order valence-corrected chi connectivity index (χ0v) is 31.1. The fourth-order valence-corrected chi connectivity index (χ4v) is 6.74. The van der Waals surface area contributed by atoms with Crippen molar-refractivity contribution in [1.29, 1.82) is 0 Å². The van der Waals surface area contributed by atoms with E-state index >= 15 is 0 Å². The number of carbonyl (C=O) groups excluding carboxylic acids is 2. The number of benzene rings is 4. The average molecular weight is 805 g/mol. The van der Waals surface area contributed by atoms with Gasteiger partial charge in [0.2, 0.25) is 0 Å². The largest absolute Gasteiger partial charge is 0.457 e. The van der Waals surface area contributed by atoms with Crippen molar-refractivity contribution < 1.29 is 28.9 Å². The lowest BCUT2D eigenvalue weighted by atomic mass is 10.0. The molecule has 4 aromatic rings. The lowest BCUT2D eigenvalue weighted by molar-refractivity contribution is -0.385. The molecule has 278 valence electrons. The number of hydrogen-bond acceptors (Lipinski definition) is 8. The van der Waals surface area contributed by atoms with Crippen molar-refractivity contribution in [2.45, 2.75) is 42.0 Å². The third-order valence-corrected chi connectivity index (χ3v) is 9.51. The number of amides is 2. The van der Waals surface area contributed by atoms with Gasteiger partial charge < -0.3 is 19.3 Å². The van der Waals surface area contributed by atoms with Crippen LogP contribution in [0.1, 0.15) is 30.4 Å². The smallest absolute Gasteiger partial charge is 0.269 e. The Balaban J connectivity index is 1.17. The fourth-order valence-electron chi connectivity index (χ4n) is 6.18. The van der Waals surface area contributed by atoms with Crippen LogP contribution in [0.4, 0.5) is 11.4 Å². The van der Waals surface area contributed by atoms with Gasteiger partial charge in [-0.3, -0.25) is 29.8 Å². The first kappa shape index (κ1) is 39.6. The molecule has 1 fully saturated rings. The second-order valence-electron chi connectivity index (χ2n) is 12.6. The van der Waals surface area contributed by atoms with Gasteiger partial charge in [0.25, 0.3) is 23.2 Å². The van der Waals surface area contributed by atoms with Gasteiger partial charge in [-0.15, -0.1) is 0 Å². The summed E-state index contributed by atoms with van der Waals surface area (Å²) in [6.45, 7) is 1.37. The first-order valence-electron chi connectivity index (χ1n) is 16.5. The minimum Gasteiger partial charge on any atom is -0.457 e. The van der Waals surface area contributed by atoms with Crippen LogP contribution < -0.4 is 9.47 Å². The Hall–Kier alpha value is -4.62. The van der Waals surface area contributed by atoms with Gasteiger partial charge in [-0.2, -0.15) is 0 Å². The second-order valence-corrected chi connectivity index (χ2v) is 14.8. The van der Waals surface area contributed by atoms with Crippen molar-refractivity contribution in [3.8, 4) is 23.0 Å². The van der Waals surface area contributed by atoms with E-state index in [0.29, 0.717) is 36.1 Å². The monoisotopic (exact) mass is 802 g/mol. The van der Waals surface area contributed by atoms with E-state index in [-0.39, 0.29) is 36.3 Å². The van der Waals surface area contributed by atoms with E-state index < -0.39 is 31.3 Å². The number of ether oxygens (including phenoxy) is 2. The van der Waals surface area contributed by atoms with E-state index in [1.807, 2.05) is 24.3 Å². The van der Waals surface area contributed by atoms with Crippen LogP contribution in [0.2, 0.25) is 0 Å². The first-order valence-corrected chi connectivity index (χ1v) is 18.3. The summed E-state index contributed by atoms with van der Waals surface area (Å²) < 4.78 is 11.6. The van der Waals surface area contributed by atoms with Gasteiger partial charge in [-0.05, 0) is 90.8 Å². The molecule has 0 bridgehead atoms. The normalized spacial score (nSPS) is 15.3. The minimum absolute atomic E-state index is 0.0364. The molecule has 0 spiro atoms. The number of nitro groups is 2. The summed E-state index contributed by atoms with van der Waals surface area (Å²) in [4.78, 5) is 47.8. The Morgan fingerprint density at radius 2 is 0.887 bits per heavy atom. The maximum atomic E-state index is 13.1. The van der Waals surface area contributed by atoms with Gasteiger partial charge in [0.1, 0.15) is 23.0 Å². The van der Waals surface area contributed by atoms with E-state index in [1.165, 1.54) is 48.5 Å². The van der Waals surface area contributed by atoms with Crippen molar-refractivity contribution in [2.24, 2.45) is 11.8 Å². The summed E-state index contributed by atoms with van der Waals surface area (Å²) in [7, 11) is 0. The summed E-state index contributed by atoms with van der Waals surface area (Å²) in [6.07, 6.45) is 2.41. The molecule has 2 atom stereocenters. The van der Waals surface area contributed by atoms with Crippen LogP contribution in [-0.2, 0) is 22.7 Å². The molecule has 0 aromatic heterocycles. The standard InChI is InChI=1S/C37H34Cl4N4O8/c38-34(39)36(46)42(20-24-3-11-30(12-4-24)52-32-15-7-28(8-16-32)44(48)49)22-26-1-2-27(19-26)23-43(37(47)35(40)41)21-25-5-13-31(14-6-25)53-33-17-9-29(10-18-33)45(50)51/h3-18,26-27,34-35H,1-2,19-23H2. The van der Waals surface area contributed by atoms with E-state index in [0.717, 1.165) is 30.4 Å². The highest BCUT2D eigenvalue weighted by molar-refractivity contribution is 6.53. The summed E-state index contributed by atoms with van der Waals surface area (Å²) in [6, 6.07) is 25.8. The highest BCUT2D eigenvalue weighted by atomic mass is 35.5. The Labute approximate surface area is 325 Å². The minimum atomic E-state index is -1.24. The van der Waals surface area contributed by atoms with Crippen molar-refractivity contribution in [1.82, 2.24) is 9.80 Å². The number of halogens is 4. The molecule has 0 saturated heterocycles. The van der Waals surface area contributed by atoms with Gasteiger partial charge >= 0.3 is 0 Å². The Kier molecular flexibility index (Phi) is 13.8. The lowest BCUT2D eigenvalue weighted by Crippen LogP contribution is -2.39. The zero-order chi connectivity index (χ0) is 38.1. The van der Waals surface area contributed by atoms with Crippen molar-refractivity contribution in [3.05, 3.63) is 128 Å². The fraction of sp³-hybridized carbons (Fsp3) is 0.297.